The Bertz CT molecular complexity index is 808. The monoisotopic (exact) mass is 311 g/mol. The van der Waals surface area contributed by atoms with Gasteiger partial charge in [-0.05, 0) is 35.2 Å². The Morgan fingerprint density at radius 3 is 2.68 bits per heavy atom. The molecular formula is C17H13NO3S. The van der Waals surface area contributed by atoms with Crippen molar-refractivity contribution < 1.29 is 14.4 Å². The van der Waals surface area contributed by atoms with Crippen LogP contribution >= 0.6 is 11.3 Å². The van der Waals surface area contributed by atoms with E-state index in [1.54, 1.807) is 17.4 Å². The molecule has 0 fully saturated rings. The molecule has 1 heterocycles. The van der Waals surface area contributed by atoms with Gasteiger partial charge in [0.15, 0.2) is 0 Å². The highest BCUT2D eigenvalue weighted by molar-refractivity contribution is 7.22. The van der Waals surface area contributed by atoms with Crippen LogP contribution in [0, 0.1) is 0 Å². The van der Waals surface area contributed by atoms with Gasteiger partial charge in [0.1, 0.15) is 0 Å². The van der Waals surface area contributed by atoms with Gasteiger partial charge in [0.2, 0.25) is 6.29 Å². The van der Waals surface area contributed by atoms with Gasteiger partial charge in [-0.25, -0.2) is 0 Å². The van der Waals surface area contributed by atoms with Crippen molar-refractivity contribution in [2.45, 2.75) is 0 Å². The summed E-state index contributed by atoms with van der Waals surface area (Å²) in [5, 5.41) is 2.16. The van der Waals surface area contributed by atoms with Gasteiger partial charge < -0.3 is 0 Å². The molecule has 110 valence electrons. The number of hydrogen-bond acceptors (Lipinski definition) is 4. The second-order valence-electron chi connectivity index (χ2n) is 4.63. The van der Waals surface area contributed by atoms with Crippen LogP contribution in [0.2, 0.25) is 0 Å². The molecule has 0 unspecified atom stereocenters. The molecule has 3 aromatic rings. The third-order valence-corrected chi connectivity index (χ3v) is 4.44. The van der Waals surface area contributed by atoms with E-state index in [9.17, 15) is 9.59 Å². The van der Waals surface area contributed by atoms with Gasteiger partial charge in [-0.2, -0.15) is 5.06 Å². The van der Waals surface area contributed by atoms with Crippen molar-refractivity contribution in [1.82, 2.24) is 0 Å². The first kappa shape index (κ1) is 14.4. The van der Waals surface area contributed by atoms with Crippen LogP contribution in [0.1, 0.15) is 0 Å². The summed E-state index contributed by atoms with van der Waals surface area (Å²) in [5.41, 5.74) is 1.49. The van der Waals surface area contributed by atoms with Crippen LogP contribution in [0.15, 0.2) is 54.6 Å². The van der Waals surface area contributed by atoms with Gasteiger partial charge in [-0.1, -0.05) is 30.3 Å². The summed E-state index contributed by atoms with van der Waals surface area (Å²) < 4.78 is 1.20. The highest BCUT2D eigenvalue weighted by Gasteiger charge is 2.15. The number of fused-ring (bicyclic) bond motifs is 1. The fourth-order valence-corrected chi connectivity index (χ4v) is 3.34. The second-order valence-corrected chi connectivity index (χ2v) is 5.72. The number of carbonyl (C=O) groups excluding carboxylic acids is 2. The fraction of sp³-hybridized carbons (Fsp3) is 0.0588. The first-order valence-electron chi connectivity index (χ1n) is 6.65. The number of amides is 1. The minimum atomic E-state index is -0.740. The van der Waals surface area contributed by atoms with Gasteiger partial charge in [-0.15, -0.1) is 11.3 Å². The molecule has 5 heteroatoms. The van der Waals surface area contributed by atoms with Gasteiger partial charge in [0, 0.05) is 9.58 Å². The number of hydroxylamine groups is 1. The molecule has 0 aliphatic carbocycles. The summed E-state index contributed by atoms with van der Waals surface area (Å²) >= 11 is 1.68. The Labute approximate surface area is 131 Å². The molecule has 22 heavy (non-hydrogen) atoms. The fourth-order valence-electron chi connectivity index (χ4n) is 2.28. The van der Waals surface area contributed by atoms with E-state index in [4.69, 9.17) is 4.84 Å². The molecule has 0 atom stereocenters. The van der Waals surface area contributed by atoms with E-state index < -0.39 is 5.91 Å². The molecule has 1 amide bonds. The molecule has 0 aliphatic heterocycles. The lowest BCUT2D eigenvalue weighted by molar-refractivity contribution is -0.133. The molecule has 0 N–H and O–H groups in total. The van der Waals surface area contributed by atoms with Crippen molar-refractivity contribution in [1.29, 1.82) is 0 Å². The smallest absolute Gasteiger partial charge is 0.292 e. The number of aldehydes is 1. The summed E-state index contributed by atoms with van der Waals surface area (Å²) in [6.45, 7) is 0. The normalized spacial score (nSPS) is 10.6. The van der Waals surface area contributed by atoms with Crippen molar-refractivity contribution in [3.63, 3.8) is 0 Å². The van der Waals surface area contributed by atoms with E-state index in [0.717, 1.165) is 15.5 Å². The topological polar surface area (TPSA) is 46.6 Å². The Balaban J connectivity index is 2.03. The van der Waals surface area contributed by atoms with Gasteiger partial charge in [0.05, 0.1) is 12.8 Å². The van der Waals surface area contributed by atoms with E-state index in [1.807, 2.05) is 30.3 Å². The third-order valence-electron chi connectivity index (χ3n) is 3.27. The number of anilines is 1. The summed E-state index contributed by atoms with van der Waals surface area (Å²) in [6.07, 6.45) is 0.232. The van der Waals surface area contributed by atoms with Crippen molar-refractivity contribution >= 4 is 39.3 Å². The Morgan fingerprint density at radius 1 is 1.14 bits per heavy atom. The highest BCUT2D eigenvalue weighted by Crippen LogP contribution is 2.34. The lowest BCUT2D eigenvalue weighted by Crippen LogP contribution is -2.30. The summed E-state index contributed by atoms with van der Waals surface area (Å²) in [6, 6.07) is 17.6. The van der Waals surface area contributed by atoms with Crippen LogP contribution in [0.25, 0.3) is 20.5 Å². The summed E-state index contributed by atoms with van der Waals surface area (Å²) in [7, 11) is 1.35. The lowest BCUT2D eigenvalue weighted by atomic mass is 10.1. The molecule has 0 spiro atoms. The minimum Gasteiger partial charge on any atom is -0.292 e. The van der Waals surface area contributed by atoms with Crippen molar-refractivity contribution in [2.75, 3.05) is 12.2 Å². The number of carbonyl (C=O) groups is 2. The van der Waals surface area contributed by atoms with Crippen LogP contribution in [-0.2, 0) is 14.4 Å². The maximum atomic E-state index is 11.6. The van der Waals surface area contributed by atoms with Gasteiger partial charge in [0.25, 0.3) is 0 Å². The molecule has 0 saturated carbocycles. The molecule has 0 aliphatic rings. The van der Waals surface area contributed by atoms with Crippen molar-refractivity contribution in [3.8, 4) is 10.4 Å². The first-order valence-corrected chi connectivity index (χ1v) is 7.47. The maximum absolute atomic E-state index is 11.6. The largest absolute Gasteiger partial charge is 0.314 e. The van der Waals surface area contributed by atoms with Crippen LogP contribution in [0.5, 0.6) is 0 Å². The highest BCUT2D eigenvalue weighted by atomic mass is 32.1. The summed E-state index contributed by atoms with van der Waals surface area (Å²) in [5.74, 6) is -0.740. The number of hydrogen-bond donors (Lipinski definition) is 0. The SMILES string of the molecule is CON(C(=O)C=O)c1cccc(-c2cc3ccccc3s2)c1. The summed E-state index contributed by atoms with van der Waals surface area (Å²) in [4.78, 5) is 28.3. The predicted octanol–water partition coefficient (Wildman–Crippen LogP) is 3.66. The van der Waals surface area contributed by atoms with E-state index in [-0.39, 0.29) is 6.29 Å². The molecule has 4 nitrogen and oxygen atoms in total. The zero-order valence-electron chi connectivity index (χ0n) is 11.9. The zero-order valence-corrected chi connectivity index (χ0v) is 12.7. The van der Waals surface area contributed by atoms with Crippen LogP contribution in [0.3, 0.4) is 0 Å². The lowest BCUT2D eigenvalue weighted by Gasteiger charge is -2.17. The van der Waals surface area contributed by atoms with Crippen LogP contribution in [-0.4, -0.2) is 19.3 Å². The van der Waals surface area contributed by atoms with E-state index >= 15 is 0 Å². The Kier molecular flexibility index (Phi) is 4.00. The van der Waals surface area contributed by atoms with Crippen LogP contribution in [0.4, 0.5) is 5.69 Å². The standard InChI is InChI=1S/C17H13NO3S/c1-21-18(17(20)11-19)14-7-4-6-12(9-14)16-10-13-5-2-3-8-15(13)22-16/h2-11H,1H3. The molecule has 0 saturated heterocycles. The van der Waals surface area contributed by atoms with Crippen LogP contribution < -0.4 is 5.06 Å². The Hall–Kier alpha value is -2.50. The molecule has 3 rings (SSSR count). The zero-order chi connectivity index (χ0) is 15.5. The van der Waals surface area contributed by atoms with E-state index in [0.29, 0.717) is 5.69 Å². The number of thiophene rings is 1. The Morgan fingerprint density at radius 2 is 1.95 bits per heavy atom. The average Bonchev–Trinajstić information content (AvgIpc) is 3.00. The minimum absolute atomic E-state index is 0.232. The molecular weight excluding hydrogens is 298 g/mol. The molecule has 1 aromatic heterocycles. The number of nitrogens with zero attached hydrogens (tertiary/aromatic N) is 1. The number of rotatable bonds is 4. The molecule has 0 radical (unpaired) electrons. The van der Waals surface area contributed by atoms with Crippen molar-refractivity contribution in [3.05, 3.63) is 54.6 Å². The van der Waals surface area contributed by atoms with E-state index in [2.05, 4.69) is 18.2 Å². The molecule has 2 aromatic carbocycles. The first-order chi connectivity index (χ1) is 10.7. The maximum Gasteiger partial charge on any atom is 0.314 e. The van der Waals surface area contributed by atoms with Gasteiger partial charge >= 0.3 is 5.91 Å². The van der Waals surface area contributed by atoms with Gasteiger partial charge in [-0.3, -0.25) is 14.4 Å². The second kappa shape index (κ2) is 6.09. The van der Waals surface area contributed by atoms with Crippen molar-refractivity contribution in [2.24, 2.45) is 0 Å². The molecule has 0 bridgehead atoms. The third kappa shape index (κ3) is 2.64. The number of benzene rings is 2. The average molecular weight is 311 g/mol. The van der Waals surface area contributed by atoms with E-state index in [1.165, 1.54) is 17.2 Å². The predicted molar refractivity (Wildman–Crippen MR) is 87.8 cm³/mol. The quantitative estimate of drug-likeness (QED) is 0.420.